The summed E-state index contributed by atoms with van der Waals surface area (Å²) < 4.78 is 11.0. The Hall–Kier alpha value is -0.260. The Bertz CT molecular complexity index is 357. The molecule has 0 bridgehead atoms. The molecule has 3 atom stereocenters. The van der Waals surface area contributed by atoms with Gasteiger partial charge < -0.3 is 9.47 Å². The highest BCUT2D eigenvalue weighted by molar-refractivity contribution is 7.99. The molecule has 2 unspecified atom stereocenters. The lowest BCUT2D eigenvalue weighted by Crippen LogP contribution is -2.52. The Morgan fingerprint density at radius 3 is 3.10 bits per heavy atom. The Labute approximate surface area is 125 Å². The summed E-state index contributed by atoms with van der Waals surface area (Å²) in [5.74, 6) is 2.42. The van der Waals surface area contributed by atoms with Crippen molar-refractivity contribution in [2.45, 2.75) is 43.7 Å². The van der Waals surface area contributed by atoms with Crippen LogP contribution in [0.5, 0.6) is 0 Å². The molecule has 3 aliphatic rings. The van der Waals surface area contributed by atoms with Gasteiger partial charge >= 0.3 is 5.97 Å². The molecule has 0 aromatic heterocycles. The summed E-state index contributed by atoms with van der Waals surface area (Å²) in [6.07, 6.45) is 5.54. The topological polar surface area (TPSA) is 38.8 Å². The third-order valence-electron chi connectivity index (χ3n) is 5.04. The molecule has 0 aromatic carbocycles. The summed E-state index contributed by atoms with van der Waals surface area (Å²) in [6.45, 7) is 2.88. The highest BCUT2D eigenvalue weighted by atomic mass is 32.2. The summed E-state index contributed by atoms with van der Waals surface area (Å²) in [5, 5.41) is 0. The van der Waals surface area contributed by atoms with Gasteiger partial charge in [0, 0.05) is 24.9 Å². The van der Waals surface area contributed by atoms with Gasteiger partial charge in [-0.15, -0.1) is 0 Å². The monoisotopic (exact) mass is 299 g/mol. The summed E-state index contributed by atoms with van der Waals surface area (Å²) in [5.41, 5.74) is 0.131. The number of piperidine rings is 1. The van der Waals surface area contributed by atoms with Crippen molar-refractivity contribution in [3.05, 3.63) is 0 Å². The lowest BCUT2D eigenvalue weighted by molar-refractivity contribution is -0.148. The molecule has 5 heteroatoms. The molecule has 0 saturated carbocycles. The van der Waals surface area contributed by atoms with Crippen LogP contribution in [0.1, 0.15) is 32.1 Å². The van der Waals surface area contributed by atoms with Gasteiger partial charge in [-0.2, -0.15) is 11.8 Å². The Morgan fingerprint density at radius 2 is 2.35 bits per heavy atom. The molecule has 1 spiro atoms. The molecule has 0 aromatic rings. The maximum Gasteiger partial charge on any atom is 0.309 e. The molecule has 20 heavy (non-hydrogen) atoms. The number of thioether (sulfide) groups is 1. The number of carbonyl (C=O) groups excluding carboxylic acids is 1. The van der Waals surface area contributed by atoms with E-state index in [4.69, 9.17) is 9.47 Å². The first kappa shape index (κ1) is 14.7. The second-order valence-corrected chi connectivity index (χ2v) is 7.44. The summed E-state index contributed by atoms with van der Waals surface area (Å²) in [6, 6.07) is 0.593. The third kappa shape index (κ3) is 3.00. The summed E-state index contributed by atoms with van der Waals surface area (Å²) in [4.78, 5) is 14.3. The fourth-order valence-electron chi connectivity index (χ4n) is 3.87. The predicted molar refractivity (Wildman–Crippen MR) is 80.0 cm³/mol. The van der Waals surface area contributed by atoms with Crippen LogP contribution in [0.3, 0.4) is 0 Å². The van der Waals surface area contributed by atoms with E-state index in [0.717, 1.165) is 51.1 Å². The summed E-state index contributed by atoms with van der Waals surface area (Å²) >= 11 is 2.02. The van der Waals surface area contributed by atoms with E-state index >= 15 is 0 Å². The van der Waals surface area contributed by atoms with Gasteiger partial charge in [-0.25, -0.2) is 0 Å². The number of hydrogen-bond acceptors (Lipinski definition) is 5. The molecule has 3 aliphatic heterocycles. The molecule has 4 nitrogen and oxygen atoms in total. The molecule has 0 amide bonds. The first-order valence-electron chi connectivity index (χ1n) is 7.76. The molecule has 3 heterocycles. The molecule has 114 valence electrons. The Morgan fingerprint density at radius 1 is 1.45 bits per heavy atom. The van der Waals surface area contributed by atoms with Gasteiger partial charge in [0.05, 0.1) is 18.6 Å². The maximum atomic E-state index is 11.8. The Kier molecular flexibility index (Phi) is 4.58. The number of hydrogen-bond donors (Lipinski definition) is 0. The molecule has 0 aliphatic carbocycles. The van der Waals surface area contributed by atoms with Crippen LogP contribution in [-0.2, 0) is 14.3 Å². The van der Waals surface area contributed by atoms with Gasteiger partial charge in [-0.3, -0.25) is 9.69 Å². The zero-order valence-corrected chi connectivity index (χ0v) is 13.1. The van der Waals surface area contributed by atoms with Gasteiger partial charge in [-0.1, -0.05) is 0 Å². The average molecular weight is 299 g/mol. The molecular weight excluding hydrogens is 274 g/mol. The fourth-order valence-corrected chi connectivity index (χ4v) is 5.25. The van der Waals surface area contributed by atoms with Crippen LogP contribution < -0.4 is 0 Å². The van der Waals surface area contributed by atoms with E-state index in [1.807, 2.05) is 11.8 Å². The SMILES string of the molecule is COC(=O)[C@H]1CCCN(C2CCOC3(CCSC3)C2)C1. The number of nitrogens with zero attached hydrogens (tertiary/aromatic N) is 1. The van der Waals surface area contributed by atoms with Crippen molar-refractivity contribution >= 4 is 17.7 Å². The van der Waals surface area contributed by atoms with Crippen LogP contribution in [0, 0.1) is 5.92 Å². The molecule has 0 radical (unpaired) electrons. The van der Waals surface area contributed by atoms with Crippen LogP contribution in [0.4, 0.5) is 0 Å². The molecule has 3 saturated heterocycles. The minimum absolute atomic E-state index is 0.0344. The van der Waals surface area contributed by atoms with Gasteiger partial charge in [0.15, 0.2) is 0 Å². The van der Waals surface area contributed by atoms with Crippen molar-refractivity contribution in [2.24, 2.45) is 5.92 Å². The van der Waals surface area contributed by atoms with E-state index in [1.54, 1.807) is 0 Å². The quantitative estimate of drug-likeness (QED) is 0.729. The second kappa shape index (κ2) is 6.24. The van der Waals surface area contributed by atoms with Crippen molar-refractivity contribution in [1.82, 2.24) is 4.90 Å². The van der Waals surface area contributed by atoms with E-state index in [1.165, 1.54) is 19.3 Å². The largest absolute Gasteiger partial charge is 0.469 e. The highest BCUT2D eigenvalue weighted by Gasteiger charge is 2.43. The molecule has 0 N–H and O–H groups in total. The predicted octanol–water partition coefficient (Wildman–Crippen LogP) is 1.93. The third-order valence-corrected chi connectivity index (χ3v) is 6.26. The number of methoxy groups -OCH3 is 1. The standard InChI is InChI=1S/C15H25NO3S/c1-18-14(17)12-3-2-6-16(10-12)13-4-7-19-15(9-13)5-8-20-11-15/h12-13H,2-11H2,1H3/t12-,13?,15?/m0/s1. The van der Waals surface area contributed by atoms with Crippen molar-refractivity contribution in [3.63, 3.8) is 0 Å². The number of esters is 1. The first-order chi connectivity index (χ1) is 9.72. The van der Waals surface area contributed by atoms with Crippen LogP contribution in [0.25, 0.3) is 0 Å². The van der Waals surface area contributed by atoms with Gasteiger partial charge in [0.2, 0.25) is 0 Å². The number of carbonyl (C=O) groups is 1. The maximum absolute atomic E-state index is 11.8. The van der Waals surface area contributed by atoms with Crippen molar-refractivity contribution in [2.75, 3.05) is 38.3 Å². The molecule has 3 fully saturated rings. The number of rotatable bonds is 2. The van der Waals surface area contributed by atoms with E-state index in [-0.39, 0.29) is 17.5 Å². The summed E-state index contributed by atoms with van der Waals surface area (Å²) in [7, 11) is 1.50. The van der Waals surface area contributed by atoms with E-state index in [0.29, 0.717) is 6.04 Å². The normalized spacial score (nSPS) is 39.0. The molecule has 3 rings (SSSR count). The number of likely N-dealkylation sites (tertiary alicyclic amines) is 1. The first-order valence-corrected chi connectivity index (χ1v) is 8.91. The van der Waals surface area contributed by atoms with Crippen LogP contribution in [0.2, 0.25) is 0 Å². The van der Waals surface area contributed by atoms with Crippen LogP contribution >= 0.6 is 11.8 Å². The zero-order chi connectivity index (χ0) is 14.0. The second-order valence-electron chi connectivity index (χ2n) is 6.34. The smallest absolute Gasteiger partial charge is 0.309 e. The lowest BCUT2D eigenvalue weighted by atomic mass is 9.87. The van der Waals surface area contributed by atoms with E-state index in [2.05, 4.69) is 4.90 Å². The van der Waals surface area contributed by atoms with Crippen molar-refractivity contribution < 1.29 is 14.3 Å². The molecular formula is C15H25NO3S. The number of ether oxygens (including phenoxy) is 2. The lowest BCUT2D eigenvalue weighted by Gasteiger charge is -2.44. The highest BCUT2D eigenvalue weighted by Crippen LogP contribution is 2.40. The minimum Gasteiger partial charge on any atom is -0.469 e. The Balaban J connectivity index is 1.61. The van der Waals surface area contributed by atoms with Gasteiger partial charge in [0.1, 0.15) is 0 Å². The van der Waals surface area contributed by atoms with Crippen LogP contribution in [-0.4, -0.2) is 60.8 Å². The van der Waals surface area contributed by atoms with Crippen molar-refractivity contribution in [3.8, 4) is 0 Å². The van der Waals surface area contributed by atoms with Gasteiger partial charge in [-0.05, 0) is 44.4 Å². The van der Waals surface area contributed by atoms with Crippen molar-refractivity contribution in [1.29, 1.82) is 0 Å². The van der Waals surface area contributed by atoms with Crippen LogP contribution in [0.15, 0.2) is 0 Å². The minimum atomic E-state index is -0.0344. The van der Waals surface area contributed by atoms with E-state index in [9.17, 15) is 4.79 Å². The van der Waals surface area contributed by atoms with E-state index < -0.39 is 0 Å². The average Bonchev–Trinajstić information content (AvgIpc) is 2.94. The van der Waals surface area contributed by atoms with Gasteiger partial charge in [0.25, 0.3) is 0 Å². The zero-order valence-electron chi connectivity index (χ0n) is 12.3. The fraction of sp³-hybridized carbons (Fsp3) is 0.933.